The fraction of sp³-hybridized carbons (Fsp3) is 0.409. The molecular formula is C22H29NO2. The number of hydrogen-bond acceptors (Lipinski definition) is 2. The molecule has 0 aliphatic rings. The Hall–Kier alpha value is -2.29. The lowest BCUT2D eigenvalue weighted by Gasteiger charge is -2.22. The molecule has 2 atom stereocenters. The summed E-state index contributed by atoms with van der Waals surface area (Å²) in [5.74, 6) is 0.674. The molecule has 0 aliphatic carbocycles. The zero-order valence-corrected chi connectivity index (χ0v) is 16.1. The van der Waals surface area contributed by atoms with Gasteiger partial charge in [-0.25, -0.2) is 0 Å². The van der Waals surface area contributed by atoms with Crippen molar-refractivity contribution in [1.82, 2.24) is 5.32 Å². The maximum absolute atomic E-state index is 12.7. The Bertz CT molecular complexity index is 731. The van der Waals surface area contributed by atoms with Gasteiger partial charge in [0.25, 0.3) is 5.91 Å². The molecule has 0 saturated heterocycles. The molecule has 0 unspecified atom stereocenters. The van der Waals surface area contributed by atoms with Gasteiger partial charge in [-0.05, 0) is 75.4 Å². The van der Waals surface area contributed by atoms with E-state index in [0.29, 0.717) is 6.42 Å². The van der Waals surface area contributed by atoms with Crippen LogP contribution in [-0.2, 0) is 4.79 Å². The van der Waals surface area contributed by atoms with Crippen LogP contribution in [0, 0.1) is 27.7 Å². The largest absolute Gasteiger partial charge is 0.481 e. The first-order valence-corrected chi connectivity index (χ1v) is 8.92. The van der Waals surface area contributed by atoms with Crippen LogP contribution in [0.15, 0.2) is 36.4 Å². The Morgan fingerprint density at radius 1 is 1.00 bits per heavy atom. The first-order valence-electron chi connectivity index (χ1n) is 8.92. The Balaban J connectivity index is 2.08. The summed E-state index contributed by atoms with van der Waals surface area (Å²) in [5.41, 5.74) is 5.82. The van der Waals surface area contributed by atoms with Crippen molar-refractivity contribution >= 4 is 5.91 Å². The Morgan fingerprint density at radius 2 is 1.64 bits per heavy atom. The van der Waals surface area contributed by atoms with Crippen LogP contribution < -0.4 is 10.1 Å². The number of nitrogens with one attached hydrogen (secondary N) is 1. The molecular weight excluding hydrogens is 310 g/mol. The number of carbonyl (C=O) groups excluding carboxylic acids is 1. The lowest BCUT2D eigenvalue weighted by Crippen LogP contribution is -2.39. The van der Waals surface area contributed by atoms with Crippen LogP contribution in [0.1, 0.15) is 54.1 Å². The minimum atomic E-state index is -0.491. The monoisotopic (exact) mass is 339 g/mol. The van der Waals surface area contributed by atoms with E-state index in [2.05, 4.69) is 43.4 Å². The number of amides is 1. The first-order chi connectivity index (χ1) is 11.8. The molecule has 1 N–H and O–H groups in total. The molecule has 3 heteroatoms. The molecule has 0 fully saturated rings. The van der Waals surface area contributed by atoms with Gasteiger partial charge in [-0.15, -0.1) is 0 Å². The molecule has 0 bridgehead atoms. The molecule has 0 aliphatic heterocycles. The van der Waals surface area contributed by atoms with Crippen LogP contribution in [0.25, 0.3) is 0 Å². The van der Waals surface area contributed by atoms with E-state index in [1.165, 1.54) is 11.1 Å². The second-order valence-electron chi connectivity index (χ2n) is 6.93. The average molecular weight is 339 g/mol. The van der Waals surface area contributed by atoms with Crippen molar-refractivity contribution in [1.29, 1.82) is 0 Å². The second kappa shape index (κ2) is 8.19. The van der Waals surface area contributed by atoms with Crippen molar-refractivity contribution in [3.05, 3.63) is 64.2 Å². The Morgan fingerprint density at radius 3 is 2.20 bits per heavy atom. The molecule has 2 rings (SSSR count). The zero-order valence-electron chi connectivity index (χ0n) is 16.1. The smallest absolute Gasteiger partial charge is 0.261 e. The highest BCUT2D eigenvalue weighted by Gasteiger charge is 2.21. The fourth-order valence-corrected chi connectivity index (χ4v) is 3.18. The Kier molecular flexibility index (Phi) is 6.24. The third kappa shape index (κ3) is 5.09. The van der Waals surface area contributed by atoms with E-state index in [1.807, 2.05) is 39.8 Å². The van der Waals surface area contributed by atoms with Crippen LogP contribution >= 0.6 is 0 Å². The molecule has 0 saturated carbocycles. The number of ether oxygens (including phenoxy) is 1. The van der Waals surface area contributed by atoms with Crippen molar-refractivity contribution in [2.45, 2.75) is 60.1 Å². The van der Waals surface area contributed by atoms with Crippen LogP contribution in [0.2, 0.25) is 0 Å². The van der Waals surface area contributed by atoms with Gasteiger partial charge in [0.1, 0.15) is 5.75 Å². The van der Waals surface area contributed by atoms with Gasteiger partial charge in [-0.2, -0.15) is 0 Å². The molecule has 134 valence electrons. The summed E-state index contributed by atoms with van der Waals surface area (Å²) in [7, 11) is 0. The normalized spacial score (nSPS) is 13.2. The van der Waals surface area contributed by atoms with Crippen molar-refractivity contribution in [2.75, 3.05) is 0 Å². The molecule has 0 spiro atoms. The predicted molar refractivity (Wildman–Crippen MR) is 103 cm³/mol. The predicted octanol–water partition coefficient (Wildman–Crippen LogP) is 4.96. The first kappa shape index (κ1) is 19.0. The van der Waals surface area contributed by atoms with Gasteiger partial charge in [0.15, 0.2) is 6.10 Å². The van der Waals surface area contributed by atoms with Gasteiger partial charge < -0.3 is 10.1 Å². The molecule has 3 nitrogen and oxygen atoms in total. The van der Waals surface area contributed by atoms with Gasteiger partial charge >= 0.3 is 0 Å². The lowest BCUT2D eigenvalue weighted by atomic mass is 10.00. The van der Waals surface area contributed by atoms with E-state index >= 15 is 0 Å². The highest BCUT2D eigenvalue weighted by atomic mass is 16.5. The summed E-state index contributed by atoms with van der Waals surface area (Å²) in [5, 5.41) is 3.09. The van der Waals surface area contributed by atoms with Crippen LogP contribution in [-0.4, -0.2) is 12.0 Å². The zero-order chi connectivity index (χ0) is 18.6. The molecule has 0 aromatic heterocycles. The van der Waals surface area contributed by atoms with Gasteiger partial charge in [-0.1, -0.05) is 36.8 Å². The summed E-state index contributed by atoms with van der Waals surface area (Å²) in [6, 6.07) is 12.3. The third-order valence-electron chi connectivity index (χ3n) is 4.39. The molecule has 0 radical (unpaired) electrons. The number of benzene rings is 2. The summed E-state index contributed by atoms with van der Waals surface area (Å²) >= 11 is 0. The fourth-order valence-electron chi connectivity index (χ4n) is 3.18. The molecule has 25 heavy (non-hydrogen) atoms. The molecule has 0 heterocycles. The average Bonchev–Trinajstić information content (AvgIpc) is 2.51. The second-order valence-corrected chi connectivity index (χ2v) is 6.93. The van der Waals surface area contributed by atoms with E-state index in [-0.39, 0.29) is 11.9 Å². The highest BCUT2D eigenvalue weighted by molar-refractivity contribution is 5.81. The van der Waals surface area contributed by atoms with Crippen molar-refractivity contribution < 1.29 is 9.53 Å². The van der Waals surface area contributed by atoms with Crippen LogP contribution in [0.4, 0.5) is 0 Å². The maximum atomic E-state index is 12.7. The van der Waals surface area contributed by atoms with Crippen LogP contribution in [0.3, 0.4) is 0 Å². The summed E-state index contributed by atoms with van der Waals surface area (Å²) in [6.45, 7) is 12.2. The quantitative estimate of drug-likeness (QED) is 0.808. The minimum Gasteiger partial charge on any atom is -0.481 e. The standard InChI is InChI=1S/C22H29NO2/c1-7-21(25-19-12-15(3)10-16(4)13-19)22(24)23-18(6)20-9-8-14(2)11-17(20)5/h8-13,18,21H,7H2,1-6H3,(H,23,24)/t18-,21+/m1/s1. The number of carbonyl (C=O) groups is 1. The molecule has 2 aromatic carbocycles. The topological polar surface area (TPSA) is 38.3 Å². The lowest BCUT2D eigenvalue weighted by molar-refractivity contribution is -0.128. The van der Waals surface area contributed by atoms with Crippen molar-refractivity contribution in [3.63, 3.8) is 0 Å². The van der Waals surface area contributed by atoms with Gasteiger partial charge in [0.2, 0.25) is 0 Å². The SMILES string of the molecule is CC[C@H](Oc1cc(C)cc(C)c1)C(=O)N[C@H](C)c1ccc(C)cc1C. The maximum Gasteiger partial charge on any atom is 0.261 e. The van der Waals surface area contributed by atoms with Gasteiger partial charge in [0, 0.05) is 0 Å². The van der Waals surface area contributed by atoms with Gasteiger partial charge in [-0.3, -0.25) is 4.79 Å². The number of aryl methyl sites for hydroxylation is 4. The van der Waals surface area contributed by atoms with Crippen molar-refractivity contribution in [3.8, 4) is 5.75 Å². The molecule has 2 aromatic rings. The van der Waals surface area contributed by atoms with Gasteiger partial charge in [0.05, 0.1) is 6.04 Å². The Labute approximate surface area is 151 Å². The van der Waals surface area contributed by atoms with E-state index in [0.717, 1.165) is 22.4 Å². The highest BCUT2D eigenvalue weighted by Crippen LogP contribution is 2.21. The summed E-state index contributed by atoms with van der Waals surface area (Å²) < 4.78 is 5.96. The summed E-state index contributed by atoms with van der Waals surface area (Å²) in [4.78, 5) is 12.7. The molecule has 1 amide bonds. The number of rotatable bonds is 6. The minimum absolute atomic E-state index is 0.0509. The van der Waals surface area contributed by atoms with Crippen LogP contribution in [0.5, 0.6) is 5.75 Å². The van der Waals surface area contributed by atoms with E-state index in [4.69, 9.17) is 4.74 Å². The summed E-state index contributed by atoms with van der Waals surface area (Å²) in [6.07, 6.45) is 0.132. The third-order valence-corrected chi connectivity index (χ3v) is 4.39. The number of hydrogen-bond donors (Lipinski definition) is 1. The van der Waals surface area contributed by atoms with Crippen molar-refractivity contribution in [2.24, 2.45) is 0 Å². The van der Waals surface area contributed by atoms with E-state index < -0.39 is 6.10 Å². The van der Waals surface area contributed by atoms with E-state index in [9.17, 15) is 4.79 Å². The van der Waals surface area contributed by atoms with E-state index in [1.54, 1.807) is 0 Å².